The number of benzene rings is 1. The summed E-state index contributed by atoms with van der Waals surface area (Å²) >= 11 is 1.53. The highest BCUT2D eigenvalue weighted by molar-refractivity contribution is 7.20. The molecular formula is C21H28N4OS. The summed E-state index contributed by atoms with van der Waals surface area (Å²) in [7, 11) is 4.10. The first-order chi connectivity index (χ1) is 12.8. The van der Waals surface area contributed by atoms with Gasteiger partial charge in [0.15, 0.2) is 0 Å². The number of aromatic nitrogens is 2. The van der Waals surface area contributed by atoms with Crippen LogP contribution in [0.3, 0.4) is 0 Å². The first-order valence-electron chi connectivity index (χ1n) is 9.31. The van der Waals surface area contributed by atoms with Crippen molar-refractivity contribution >= 4 is 27.5 Å². The van der Waals surface area contributed by atoms with Crippen molar-refractivity contribution in [3.8, 4) is 0 Å². The van der Waals surface area contributed by atoms with Crippen molar-refractivity contribution < 1.29 is 4.79 Å². The summed E-state index contributed by atoms with van der Waals surface area (Å²) in [6.07, 6.45) is 0. The van der Waals surface area contributed by atoms with Gasteiger partial charge in [-0.25, -0.2) is 0 Å². The van der Waals surface area contributed by atoms with Gasteiger partial charge < -0.3 is 10.2 Å². The van der Waals surface area contributed by atoms with Crippen LogP contribution in [0.2, 0.25) is 0 Å². The minimum Gasteiger partial charge on any atom is -0.347 e. The summed E-state index contributed by atoms with van der Waals surface area (Å²) in [5.74, 6) is 0.492. The molecule has 3 rings (SSSR count). The zero-order valence-electron chi connectivity index (χ0n) is 16.7. The van der Waals surface area contributed by atoms with Gasteiger partial charge in [0.2, 0.25) is 0 Å². The van der Waals surface area contributed by atoms with Crippen LogP contribution in [0.15, 0.2) is 30.3 Å². The molecule has 0 unspecified atom stereocenters. The fraction of sp³-hybridized carbons (Fsp3) is 0.429. The predicted molar refractivity (Wildman–Crippen MR) is 112 cm³/mol. The predicted octanol–water partition coefficient (Wildman–Crippen LogP) is 4.05. The lowest BCUT2D eigenvalue weighted by Crippen LogP contribution is -2.23. The number of hydrogen-bond acceptors (Lipinski definition) is 4. The Morgan fingerprint density at radius 1 is 1.26 bits per heavy atom. The molecule has 5 nitrogen and oxygen atoms in total. The summed E-state index contributed by atoms with van der Waals surface area (Å²) < 4.78 is 2.03. The van der Waals surface area contributed by atoms with Gasteiger partial charge >= 0.3 is 0 Å². The second kappa shape index (κ2) is 8.23. The first kappa shape index (κ1) is 19.6. The van der Waals surface area contributed by atoms with E-state index in [1.807, 2.05) is 29.8 Å². The molecule has 1 amide bonds. The summed E-state index contributed by atoms with van der Waals surface area (Å²) in [5, 5.41) is 8.78. The molecule has 1 aromatic carbocycles. The molecule has 27 heavy (non-hydrogen) atoms. The Balaban J connectivity index is 1.75. The molecule has 0 saturated heterocycles. The maximum Gasteiger partial charge on any atom is 0.261 e. The molecule has 2 heterocycles. The highest BCUT2D eigenvalue weighted by atomic mass is 32.1. The van der Waals surface area contributed by atoms with Gasteiger partial charge in [0, 0.05) is 25.0 Å². The van der Waals surface area contributed by atoms with Crippen molar-refractivity contribution in [3.63, 3.8) is 0 Å². The van der Waals surface area contributed by atoms with Crippen LogP contribution in [0.4, 0.5) is 0 Å². The number of aryl methyl sites for hydroxylation is 1. The molecule has 2 aromatic heterocycles. The van der Waals surface area contributed by atoms with Gasteiger partial charge in [-0.15, -0.1) is 11.3 Å². The maximum atomic E-state index is 12.7. The van der Waals surface area contributed by atoms with Crippen molar-refractivity contribution in [3.05, 3.63) is 52.0 Å². The van der Waals surface area contributed by atoms with E-state index in [2.05, 4.69) is 55.4 Å². The third-order valence-electron chi connectivity index (χ3n) is 4.41. The van der Waals surface area contributed by atoms with Crippen LogP contribution in [-0.4, -0.2) is 34.7 Å². The van der Waals surface area contributed by atoms with E-state index in [1.165, 1.54) is 16.9 Å². The van der Waals surface area contributed by atoms with Gasteiger partial charge in [0.25, 0.3) is 5.91 Å². The largest absolute Gasteiger partial charge is 0.347 e. The van der Waals surface area contributed by atoms with E-state index in [0.29, 0.717) is 12.5 Å². The normalized spacial score (nSPS) is 11.7. The van der Waals surface area contributed by atoms with E-state index in [-0.39, 0.29) is 5.91 Å². The number of carbonyl (C=O) groups excluding carboxylic acids is 1. The van der Waals surface area contributed by atoms with Crippen LogP contribution in [0, 0.1) is 12.8 Å². The molecule has 144 valence electrons. The molecule has 0 radical (unpaired) electrons. The van der Waals surface area contributed by atoms with Gasteiger partial charge in [-0.05, 0) is 44.1 Å². The summed E-state index contributed by atoms with van der Waals surface area (Å²) in [4.78, 5) is 16.7. The van der Waals surface area contributed by atoms with Gasteiger partial charge in [-0.3, -0.25) is 9.48 Å². The standard InChI is InChI=1S/C21H28N4OS/c1-14(2)12-25-21-18(15(3)23-25)10-19(27-21)20(26)22-11-16-8-6-7-9-17(16)13-24(4)5/h6-10,14H,11-13H2,1-5H3,(H,22,26). The molecular weight excluding hydrogens is 356 g/mol. The molecule has 0 spiro atoms. The van der Waals surface area contributed by atoms with E-state index in [4.69, 9.17) is 0 Å². The van der Waals surface area contributed by atoms with Crippen LogP contribution in [0.5, 0.6) is 0 Å². The topological polar surface area (TPSA) is 50.2 Å². The molecule has 3 aromatic rings. The molecule has 0 saturated carbocycles. The SMILES string of the molecule is Cc1nn(CC(C)C)c2sc(C(=O)NCc3ccccc3CN(C)C)cc12. The molecule has 0 aliphatic rings. The van der Waals surface area contributed by atoms with Gasteiger partial charge in [-0.2, -0.15) is 5.10 Å². The lowest BCUT2D eigenvalue weighted by Gasteiger charge is -2.14. The average molecular weight is 385 g/mol. The smallest absolute Gasteiger partial charge is 0.261 e. The Hall–Kier alpha value is -2.18. The molecule has 0 bridgehead atoms. The Kier molecular flexibility index (Phi) is 5.97. The highest BCUT2D eigenvalue weighted by Gasteiger charge is 2.17. The van der Waals surface area contributed by atoms with Crippen molar-refractivity contribution in [1.29, 1.82) is 0 Å². The number of hydrogen-bond donors (Lipinski definition) is 1. The quantitative estimate of drug-likeness (QED) is 0.668. The number of amides is 1. The first-order valence-corrected chi connectivity index (χ1v) is 10.1. The Morgan fingerprint density at radius 3 is 2.63 bits per heavy atom. The van der Waals surface area contributed by atoms with Gasteiger partial charge in [-0.1, -0.05) is 38.1 Å². The molecule has 0 atom stereocenters. The fourth-order valence-electron chi connectivity index (χ4n) is 3.18. The Morgan fingerprint density at radius 2 is 1.96 bits per heavy atom. The number of nitrogens with zero attached hydrogens (tertiary/aromatic N) is 3. The minimum absolute atomic E-state index is 0.0219. The third kappa shape index (κ3) is 4.57. The molecule has 6 heteroatoms. The van der Waals surface area contributed by atoms with Crippen molar-refractivity contribution in [1.82, 2.24) is 20.0 Å². The zero-order chi connectivity index (χ0) is 19.6. The Bertz CT molecular complexity index is 939. The minimum atomic E-state index is -0.0219. The maximum absolute atomic E-state index is 12.7. The molecule has 0 aliphatic heterocycles. The lowest BCUT2D eigenvalue weighted by molar-refractivity contribution is 0.0955. The van der Waals surface area contributed by atoms with E-state index in [9.17, 15) is 4.79 Å². The molecule has 0 fully saturated rings. The van der Waals surface area contributed by atoms with Crippen molar-refractivity contribution in [2.24, 2.45) is 5.92 Å². The van der Waals surface area contributed by atoms with Crippen molar-refractivity contribution in [2.75, 3.05) is 14.1 Å². The van der Waals surface area contributed by atoms with Crippen LogP contribution < -0.4 is 5.32 Å². The number of fused-ring (bicyclic) bond motifs is 1. The van der Waals surface area contributed by atoms with Crippen LogP contribution >= 0.6 is 11.3 Å². The average Bonchev–Trinajstić information content (AvgIpc) is 3.15. The monoisotopic (exact) mass is 384 g/mol. The van der Waals surface area contributed by atoms with Gasteiger partial charge in [0.05, 0.1) is 10.6 Å². The highest BCUT2D eigenvalue weighted by Crippen LogP contribution is 2.29. The molecule has 1 N–H and O–H groups in total. The summed E-state index contributed by atoms with van der Waals surface area (Å²) in [6, 6.07) is 10.2. The summed E-state index contributed by atoms with van der Waals surface area (Å²) in [5.41, 5.74) is 3.38. The number of nitrogens with one attached hydrogen (secondary N) is 1. The second-order valence-corrected chi connectivity index (χ2v) is 8.71. The van der Waals surface area contributed by atoms with E-state index >= 15 is 0 Å². The van der Waals surface area contributed by atoms with Crippen LogP contribution in [0.1, 0.15) is 40.3 Å². The second-order valence-electron chi connectivity index (χ2n) is 7.68. The number of carbonyl (C=O) groups is 1. The van der Waals surface area contributed by atoms with Crippen molar-refractivity contribution in [2.45, 2.75) is 40.4 Å². The van der Waals surface area contributed by atoms with Crippen LogP contribution in [-0.2, 0) is 19.6 Å². The number of thiophene rings is 1. The molecule has 0 aliphatic carbocycles. The van der Waals surface area contributed by atoms with E-state index in [0.717, 1.165) is 39.4 Å². The zero-order valence-corrected chi connectivity index (χ0v) is 17.6. The summed E-state index contributed by atoms with van der Waals surface area (Å²) in [6.45, 7) is 8.62. The Labute approximate surface area is 165 Å². The van der Waals surface area contributed by atoms with Gasteiger partial charge in [0.1, 0.15) is 4.83 Å². The number of rotatable bonds is 7. The third-order valence-corrected chi connectivity index (χ3v) is 5.56. The van der Waals surface area contributed by atoms with Crippen LogP contribution in [0.25, 0.3) is 10.2 Å². The lowest BCUT2D eigenvalue weighted by atomic mass is 10.1. The van der Waals surface area contributed by atoms with E-state index < -0.39 is 0 Å². The van der Waals surface area contributed by atoms with E-state index in [1.54, 1.807) is 0 Å². The fourth-order valence-corrected chi connectivity index (χ4v) is 4.27.